The third-order valence-corrected chi connectivity index (χ3v) is 3.42. The number of furan rings is 1. The molecule has 3 aromatic heterocycles. The number of nitrogens with zero attached hydrogens (tertiary/aromatic N) is 4. The second-order valence-corrected chi connectivity index (χ2v) is 5.05. The molecule has 9 heteroatoms. The number of methoxy groups -OCH3 is 1. The second-order valence-electron chi connectivity index (χ2n) is 5.05. The molecular formula is C16H12N4O5. The Morgan fingerprint density at radius 2 is 2.16 bits per heavy atom. The van der Waals surface area contributed by atoms with Gasteiger partial charge in [-0.05, 0) is 24.3 Å². The zero-order chi connectivity index (χ0) is 17.2. The van der Waals surface area contributed by atoms with Gasteiger partial charge < -0.3 is 18.1 Å². The number of ether oxygens (including phenoxy) is 1. The zero-order valence-electron chi connectivity index (χ0n) is 13.1. The van der Waals surface area contributed by atoms with E-state index in [1.165, 1.54) is 6.26 Å². The van der Waals surface area contributed by atoms with Gasteiger partial charge in [0.15, 0.2) is 5.76 Å². The number of hydrogen-bond acceptors (Lipinski definition) is 8. The highest BCUT2D eigenvalue weighted by molar-refractivity contribution is 5.56. The van der Waals surface area contributed by atoms with E-state index in [4.69, 9.17) is 18.1 Å². The number of hydrogen-bond donors (Lipinski definition) is 0. The van der Waals surface area contributed by atoms with E-state index in [1.54, 1.807) is 25.3 Å². The molecule has 0 aliphatic heterocycles. The summed E-state index contributed by atoms with van der Waals surface area (Å²) in [5.41, 5.74) is 0.734. The predicted molar refractivity (Wildman–Crippen MR) is 83.9 cm³/mol. The van der Waals surface area contributed by atoms with Crippen molar-refractivity contribution >= 4 is 0 Å². The lowest BCUT2D eigenvalue weighted by Crippen LogP contribution is -2.16. The highest BCUT2D eigenvalue weighted by Gasteiger charge is 2.16. The molecule has 0 unspecified atom stereocenters. The number of rotatable bonds is 5. The third-order valence-electron chi connectivity index (χ3n) is 3.42. The molecule has 4 rings (SSSR count). The van der Waals surface area contributed by atoms with Crippen LogP contribution in [0.15, 0.2) is 60.8 Å². The van der Waals surface area contributed by atoms with Gasteiger partial charge in [0.05, 0.1) is 13.4 Å². The highest BCUT2D eigenvalue weighted by atomic mass is 16.5. The van der Waals surface area contributed by atoms with Gasteiger partial charge in [-0.2, -0.15) is 9.67 Å². The summed E-state index contributed by atoms with van der Waals surface area (Å²) in [5.74, 6) is 1.09. The highest BCUT2D eigenvalue weighted by Crippen LogP contribution is 2.21. The van der Waals surface area contributed by atoms with Crippen LogP contribution in [0.2, 0.25) is 0 Å². The molecule has 0 radical (unpaired) electrons. The van der Waals surface area contributed by atoms with Gasteiger partial charge in [0.1, 0.15) is 12.3 Å². The molecule has 0 aliphatic carbocycles. The maximum atomic E-state index is 11.9. The molecule has 1 aromatic carbocycles. The molecule has 0 bridgehead atoms. The molecular weight excluding hydrogens is 328 g/mol. The molecule has 25 heavy (non-hydrogen) atoms. The minimum absolute atomic E-state index is 0.0139. The fourth-order valence-corrected chi connectivity index (χ4v) is 2.23. The second kappa shape index (κ2) is 6.11. The van der Waals surface area contributed by atoms with Crippen LogP contribution in [-0.2, 0) is 6.54 Å². The van der Waals surface area contributed by atoms with Crippen LogP contribution in [0.1, 0.15) is 5.89 Å². The first-order chi connectivity index (χ1) is 12.2. The molecule has 0 saturated carbocycles. The van der Waals surface area contributed by atoms with Crippen molar-refractivity contribution < 1.29 is 18.1 Å². The topological polar surface area (TPSA) is 109 Å². The number of aromatic nitrogens is 4. The first-order valence-corrected chi connectivity index (χ1v) is 7.32. The zero-order valence-corrected chi connectivity index (χ0v) is 13.1. The summed E-state index contributed by atoms with van der Waals surface area (Å²) in [4.78, 5) is 16.2. The van der Waals surface area contributed by atoms with Crippen LogP contribution in [0.4, 0.5) is 0 Å². The molecule has 4 aromatic rings. The summed E-state index contributed by atoms with van der Waals surface area (Å²) in [7, 11) is 1.58. The van der Waals surface area contributed by atoms with Crippen molar-refractivity contribution in [2.75, 3.05) is 7.11 Å². The van der Waals surface area contributed by atoms with E-state index in [2.05, 4.69) is 15.2 Å². The van der Waals surface area contributed by atoms with Crippen molar-refractivity contribution in [1.29, 1.82) is 0 Å². The van der Waals surface area contributed by atoms with Gasteiger partial charge in [-0.1, -0.05) is 17.3 Å². The standard InChI is InChI=1S/C16H12N4O5/c1-22-11-5-2-4-10(8-11)14-17-13(25-19-14)9-20-16(21)24-15(18-20)12-6-3-7-23-12/h2-8H,9H2,1H3. The van der Waals surface area contributed by atoms with Crippen molar-refractivity contribution in [3.8, 4) is 28.8 Å². The lowest BCUT2D eigenvalue weighted by atomic mass is 10.2. The average molecular weight is 340 g/mol. The van der Waals surface area contributed by atoms with E-state index in [0.29, 0.717) is 17.3 Å². The average Bonchev–Trinajstić information content (AvgIpc) is 3.37. The lowest BCUT2D eigenvalue weighted by molar-refractivity contribution is 0.360. The van der Waals surface area contributed by atoms with Crippen LogP contribution in [0.5, 0.6) is 5.75 Å². The van der Waals surface area contributed by atoms with Crippen molar-refractivity contribution in [2.24, 2.45) is 0 Å². The monoisotopic (exact) mass is 340 g/mol. The Morgan fingerprint density at radius 3 is 2.96 bits per heavy atom. The Hall–Kier alpha value is -3.62. The van der Waals surface area contributed by atoms with Crippen LogP contribution in [0.3, 0.4) is 0 Å². The summed E-state index contributed by atoms with van der Waals surface area (Å²) < 4.78 is 21.6. The van der Waals surface area contributed by atoms with Crippen molar-refractivity contribution in [1.82, 2.24) is 19.9 Å². The molecule has 0 spiro atoms. The van der Waals surface area contributed by atoms with Gasteiger partial charge in [0, 0.05) is 5.56 Å². The first kappa shape index (κ1) is 14.9. The van der Waals surface area contributed by atoms with E-state index < -0.39 is 5.76 Å². The van der Waals surface area contributed by atoms with Gasteiger partial charge >= 0.3 is 5.76 Å². The van der Waals surface area contributed by atoms with Crippen LogP contribution in [0, 0.1) is 0 Å². The molecule has 3 heterocycles. The van der Waals surface area contributed by atoms with Gasteiger partial charge in [-0.25, -0.2) is 4.79 Å². The van der Waals surface area contributed by atoms with Gasteiger partial charge in [0.25, 0.3) is 5.89 Å². The summed E-state index contributed by atoms with van der Waals surface area (Å²) >= 11 is 0. The summed E-state index contributed by atoms with van der Waals surface area (Å²) in [6.45, 7) is -0.0139. The van der Waals surface area contributed by atoms with Crippen LogP contribution < -0.4 is 10.5 Å². The fraction of sp³-hybridized carbons (Fsp3) is 0.125. The SMILES string of the molecule is COc1cccc(-c2noc(Cn3nc(-c4ccco4)oc3=O)n2)c1. The van der Waals surface area contributed by atoms with Gasteiger partial charge in [-0.3, -0.25) is 0 Å². The molecule has 126 valence electrons. The van der Waals surface area contributed by atoms with E-state index in [0.717, 1.165) is 10.2 Å². The normalized spacial score (nSPS) is 10.9. The van der Waals surface area contributed by atoms with E-state index in [9.17, 15) is 4.79 Å². The molecule has 0 saturated heterocycles. The first-order valence-electron chi connectivity index (χ1n) is 7.32. The minimum atomic E-state index is -0.646. The van der Waals surface area contributed by atoms with Crippen molar-refractivity contribution in [2.45, 2.75) is 6.54 Å². The summed E-state index contributed by atoms with van der Waals surface area (Å²) in [6, 6.07) is 10.6. The summed E-state index contributed by atoms with van der Waals surface area (Å²) in [6.07, 6.45) is 1.47. The third kappa shape index (κ3) is 2.94. The minimum Gasteiger partial charge on any atom is -0.497 e. The molecule has 0 aliphatic rings. The molecule has 0 atom stereocenters. The molecule has 0 fully saturated rings. The quantitative estimate of drug-likeness (QED) is 0.544. The van der Waals surface area contributed by atoms with Crippen LogP contribution >= 0.6 is 0 Å². The predicted octanol–water partition coefficient (Wildman–Crippen LogP) is 2.20. The van der Waals surface area contributed by atoms with Gasteiger partial charge in [-0.15, -0.1) is 5.10 Å². The smallest absolute Gasteiger partial charge is 0.437 e. The lowest BCUT2D eigenvalue weighted by Gasteiger charge is -1.99. The van der Waals surface area contributed by atoms with Gasteiger partial charge in [0.2, 0.25) is 11.7 Å². The molecule has 0 N–H and O–H groups in total. The fourth-order valence-electron chi connectivity index (χ4n) is 2.23. The Bertz CT molecular complexity index is 1040. The largest absolute Gasteiger partial charge is 0.497 e. The Morgan fingerprint density at radius 1 is 1.24 bits per heavy atom. The van der Waals surface area contributed by atoms with Crippen LogP contribution in [-0.4, -0.2) is 27.0 Å². The Kier molecular flexibility index (Phi) is 3.65. The number of benzene rings is 1. The maximum Gasteiger partial charge on any atom is 0.437 e. The van der Waals surface area contributed by atoms with Crippen LogP contribution in [0.25, 0.3) is 23.0 Å². The van der Waals surface area contributed by atoms with E-state index in [-0.39, 0.29) is 18.3 Å². The van der Waals surface area contributed by atoms with E-state index in [1.807, 2.05) is 18.2 Å². The van der Waals surface area contributed by atoms with Crippen molar-refractivity contribution in [3.63, 3.8) is 0 Å². The Balaban J connectivity index is 1.58. The maximum absolute atomic E-state index is 11.9. The molecule has 0 amide bonds. The summed E-state index contributed by atoms with van der Waals surface area (Å²) in [5, 5.41) is 7.96. The Labute approximate surface area is 140 Å². The molecule has 9 nitrogen and oxygen atoms in total. The van der Waals surface area contributed by atoms with E-state index >= 15 is 0 Å². The van der Waals surface area contributed by atoms with Crippen molar-refractivity contribution in [3.05, 3.63) is 59.1 Å².